The summed E-state index contributed by atoms with van der Waals surface area (Å²) in [6.07, 6.45) is 0. The molecule has 3 rings (SSSR count). The van der Waals surface area contributed by atoms with Crippen LogP contribution in [0, 0.1) is 0 Å². The van der Waals surface area contributed by atoms with Crippen molar-refractivity contribution in [2.75, 3.05) is 14.1 Å². The maximum Gasteiger partial charge on any atom is 0.173 e. The molecule has 2 aromatic rings. The Kier molecular flexibility index (Phi) is 3.70. The van der Waals surface area contributed by atoms with Gasteiger partial charge >= 0.3 is 0 Å². The number of nitrogens with zero attached hydrogens (tertiary/aromatic N) is 2. The highest BCUT2D eigenvalue weighted by Gasteiger charge is 2.43. The third kappa shape index (κ3) is 2.20. The summed E-state index contributed by atoms with van der Waals surface area (Å²) in [6, 6.07) is 20.8. The lowest BCUT2D eigenvalue weighted by Crippen LogP contribution is -2.21. The molecule has 104 valence electrons. The van der Waals surface area contributed by atoms with Crippen LogP contribution in [0.4, 0.5) is 0 Å². The van der Waals surface area contributed by atoms with Crippen LogP contribution in [0.25, 0.3) is 0 Å². The van der Waals surface area contributed by atoms with Crippen molar-refractivity contribution in [1.82, 2.24) is 8.61 Å². The monoisotopic (exact) mass is 286 g/mol. The van der Waals surface area contributed by atoms with Gasteiger partial charge in [-0.15, -0.1) is 0 Å². The fourth-order valence-corrected chi connectivity index (χ4v) is 4.15. The van der Waals surface area contributed by atoms with Crippen molar-refractivity contribution in [1.29, 1.82) is 0 Å². The second-order valence-corrected chi connectivity index (χ2v) is 6.65. The fourth-order valence-electron chi connectivity index (χ4n) is 2.88. The van der Waals surface area contributed by atoms with E-state index < -0.39 is 11.2 Å². The van der Waals surface area contributed by atoms with Crippen LogP contribution in [0.2, 0.25) is 0 Å². The molecule has 0 aliphatic carbocycles. The molecule has 3 nitrogen and oxygen atoms in total. The molecule has 0 N–H and O–H groups in total. The minimum atomic E-state index is -1.11. The van der Waals surface area contributed by atoms with Crippen molar-refractivity contribution in [2.24, 2.45) is 0 Å². The lowest BCUT2D eigenvalue weighted by molar-refractivity contribution is 0.316. The van der Waals surface area contributed by atoms with Crippen molar-refractivity contribution in [3.8, 4) is 0 Å². The molecule has 1 fully saturated rings. The zero-order valence-corrected chi connectivity index (χ0v) is 12.5. The fraction of sp³-hybridized carbons (Fsp3) is 0.250. The SMILES string of the molecule is CN1[C@@H](c2ccccc2)[C@H](c2ccccc2)N(C)S1=O. The second kappa shape index (κ2) is 5.48. The van der Waals surface area contributed by atoms with E-state index in [1.165, 1.54) is 11.1 Å². The van der Waals surface area contributed by atoms with Gasteiger partial charge in [0, 0.05) is 14.1 Å². The van der Waals surface area contributed by atoms with Gasteiger partial charge in [-0.25, -0.2) is 12.8 Å². The number of rotatable bonds is 2. The van der Waals surface area contributed by atoms with E-state index in [0.717, 1.165) is 0 Å². The maximum absolute atomic E-state index is 12.4. The van der Waals surface area contributed by atoms with Gasteiger partial charge in [-0.05, 0) is 11.1 Å². The van der Waals surface area contributed by atoms with Crippen LogP contribution in [-0.2, 0) is 11.2 Å². The van der Waals surface area contributed by atoms with Gasteiger partial charge in [-0.3, -0.25) is 0 Å². The molecular formula is C16H18N2OS. The molecule has 2 aromatic carbocycles. The molecule has 4 heteroatoms. The normalized spacial score (nSPS) is 25.1. The largest absolute Gasteiger partial charge is 0.225 e. The molecule has 1 saturated heterocycles. The highest BCUT2D eigenvalue weighted by atomic mass is 32.2. The van der Waals surface area contributed by atoms with Gasteiger partial charge < -0.3 is 0 Å². The van der Waals surface area contributed by atoms with E-state index in [4.69, 9.17) is 0 Å². The molecule has 1 aliphatic heterocycles. The Morgan fingerprint density at radius 1 is 0.750 bits per heavy atom. The van der Waals surface area contributed by atoms with Gasteiger partial charge in [0.1, 0.15) is 0 Å². The molecule has 0 bridgehead atoms. The standard InChI is InChI=1S/C16H18N2OS/c1-17-15(13-9-5-3-6-10-13)16(18(2)20(17)19)14-11-7-4-8-12-14/h3-12,15-16H,1-2H3/t15-,16-/m0/s1. The van der Waals surface area contributed by atoms with Gasteiger partial charge in [-0.1, -0.05) is 60.7 Å². The van der Waals surface area contributed by atoms with Gasteiger partial charge in [0.15, 0.2) is 11.2 Å². The summed E-state index contributed by atoms with van der Waals surface area (Å²) < 4.78 is 16.3. The highest BCUT2D eigenvalue weighted by molar-refractivity contribution is 7.80. The van der Waals surface area contributed by atoms with E-state index in [1.54, 1.807) is 0 Å². The summed E-state index contributed by atoms with van der Waals surface area (Å²) >= 11 is -1.11. The zero-order chi connectivity index (χ0) is 14.1. The molecule has 2 atom stereocenters. The Balaban J connectivity index is 2.07. The van der Waals surface area contributed by atoms with E-state index in [2.05, 4.69) is 24.3 Å². The molecule has 0 saturated carbocycles. The maximum atomic E-state index is 12.4. The second-order valence-electron chi connectivity index (χ2n) is 5.03. The predicted octanol–water partition coefficient (Wildman–Crippen LogP) is 2.92. The molecule has 0 radical (unpaired) electrons. The molecule has 0 aromatic heterocycles. The third-order valence-corrected chi connectivity index (χ3v) is 5.30. The van der Waals surface area contributed by atoms with Gasteiger partial charge in [0.25, 0.3) is 0 Å². The van der Waals surface area contributed by atoms with Crippen LogP contribution >= 0.6 is 0 Å². The summed E-state index contributed by atoms with van der Waals surface area (Å²) in [5.74, 6) is 0. The van der Waals surface area contributed by atoms with E-state index in [0.29, 0.717) is 0 Å². The highest BCUT2D eigenvalue weighted by Crippen LogP contribution is 2.44. The summed E-state index contributed by atoms with van der Waals surface area (Å²) in [5, 5.41) is 0. The Morgan fingerprint density at radius 3 is 1.45 bits per heavy atom. The van der Waals surface area contributed by atoms with Crippen molar-refractivity contribution < 1.29 is 4.21 Å². The van der Waals surface area contributed by atoms with Crippen molar-refractivity contribution in [2.45, 2.75) is 12.1 Å². The number of hydrogen-bond acceptors (Lipinski definition) is 1. The minimum absolute atomic E-state index is 0.101. The lowest BCUT2D eigenvalue weighted by Gasteiger charge is -2.24. The number of benzene rings is 2. The molecule has 1 aliphatic rings. The van der Waals surface area contributed by atoms with Gasteiger partial charge in [-0.2, -0.15) is 0 Å². The quantitative estimate of drug-likeness (QED) is 0.832. The molecular weight excluding hydrogens is 268 g/mol. The first-order chi connectivity index (χ1) is 9.70. The first-order valence-corrected chi connectivity index (χ1v) is 7.74. The average molecular weight is 286 g/mol. The molecule has 0 unspecified atom stereocenters. The topological polar surface area (TPSA) is 23.6 Å². The molecule has 1 heterocycles. The summed E-state index contributed by atoms with van der Waals surface area (Å²) in [5.41, 5.74) is 2.39. The van der Waals surface area contributed by atoms with Crippen LogP contribution in [0.15, 0.2) is 60.7 Å². The van der Waals surface area contributed by atoms with Crippen molar-refractivity contribution in [3.63, 3.8) is 0 Å². The van der Waals surface area contributed by atoms with Crippen LogP contribution in [0.3, 0.4) is 0 Å². The Labute approximate surface area is 122 Å². The van der Waals surface area contributed by atoms with Crippen molar-refractivity contribution >= 4 is 11.2 Å². The predicted molar refractivity (Wildman–Crippen MR) is 82.0 cm³/mol. The van der Waals surface area contributed by atoms with Crippen LogP contribution < -0.4 is 0 Å². The van der Waals surface area contributed by atoms with Crippen LogP contribution in [-0.4, -0.2) is 26.9 Å². The average Bonchev–Trinajstić information content (AvgIpc) is 2.73. The number of hydrogen-bond donors (Lipinski definition) is 0. The van der Waals surface area contributed by atoms with Crippen LogP contribution in [0.5, 0.6) is 0 Å². The third-order valence-electron chi connectivity index (χ3n) is 3.86. The number of likely N-dealkylation sites (N-methyl/N-ethyl adjacent to an activating group) is 2. The smallest absolute Gasteiger partial charge is 0.173 e. The molecule has 0 spiro atoms. The Hall–Kier alpha value is -1.49. The minimum Gasteiger partial charge on any atom is -0.225 e. The Morgan fingerprint density at radius 2 is 1.10 bits per heavy atom. The van der Waals surface area contributed by atoms with E-state index in [9.17, 15) is 4.21 Å². The Bertz CT molecular complexity index is 549. The molecule has 20 heavy (non-hydrogen) atoms. The first-order valence-electron chi connectivity index (χ1n) is 6.67. The summed E-state index contributed by atoms with van der Waals surface area (Å²) in [4.78, 5) is 0. The lowest BCUT2D eigenvalue weighted by atomic mass is 9.93. The summed E-state index contributed by atoms with van der Waals surface area (Å²) in [6.45, 7) is 0. The van der Waals surface area contributed by atoms with E-state index in [1.807, 2.05) is 59.1 Å². The van der Waals surface area contributed by atoms with Crippen LogP contribution in [0.1, 0.15) is 23.2 Å². The molecule has 0 amide bonds. The summed E-state index contributed by atoms with van der Waals surface area (Å²) in [7, 11) is 3.85. The zero-order valence-electron chi connectivity index (χ0n) is 11.6. The van der Waals surface area contributed by atoms with E-state index in [-0.39, 0.29) is 12.1 Å². The van der Waals surface area contributed by atoms with Gasteiger partial charge in [0.2, 0.25) is 0 Å². The van der Waals surface area contributed by atoms with E-state index >= 15 is 0 Å². The first kappa shape index (κ1) is 13.5. The van der Waals surface area contributed by atoms with Crippen molar-refractivity contribution in [3.05, 3.63) is 71.8 Å². The van der Waals surface area contributed by atoms with Gasteiger partial charge in [0.05, 0.1) is 12.1 Å².